The molecule has 4 nitrogen and oxygen atoms in total. The molecule has 0 N–H and O–H groups in total. The average Bonchev–Trinajstić information content (AvgIpc) is 3.26. The van der Waals surface area contributed by atoms with Gasteiger partial charge in [0.25, 0.3) is 0 Å². The van der Waals surface area contributed by atoms with Gasteiger partial charge in [0.2, 0.25) is 0 Å². The summed E-state index contributed by atoms with van der Waals surface area (Å²) < 4.78 is 4.54. The summed E-state index contributed by atoms with van der Waals surface area (Å²) in [5.41, 5.74) is 7.02. The molecule has 5 rings (SSSR count). The van der Waals surface area contributed by atoms with Crippen LogP contribution in [0.1, 0.15) is 49.7 Å². The second-order valence-corrected chi connectivity index (χ2v) is 8.16. The number of para-hydroxylation sites is 1. The van der Waals surface area contributed by atoms with E-state index in [-0.39, 0.29) is 5.41 Å². The van der Waals surface area contributed by atoms with Crippen LogP contribution in [0, 0.1) is 5.41 Å². The highest BCUT2D eigenvalue weighted by Crippen LogP contribution is 2.54. The molecule has 0 saturated heterocycles. The van der Waals surface area contributed by atoms with E-state index in [0.717, 1.165) is 25.8 Å². The van der Waals surface area contributed by atoms with Gasteiger partial charge in [-0.05, 0) is 50.1 Å². The summed E-state index contributed by atoms with van der Waals surface area (Å²) >= 11 is 0. The fourth-order valence-electron chi connectivity index (χ4n) is 5.54. The first-order valence-electron chi connectivity index (χ1n) is 10.2. The second kappa shape index (κ2) is 5.83. The van der Waals surface area contributed by atoms with Crippen molar-refractivity contribution in [3.63, 3.8) is 0 Å². The maximum absolute atomic E-state index is 4.47. The zero-order chi connectivity index (χ0) is 18.8. The number of likely N-dealkylation sites (N-methyl/N-ethyl adjacent to an activating group) is 1. The summed E-state index contributed by atoms with van der Waals surface area (Å²) in [5, 5.41) is 5.89. The van der Waals surface area contributed by atoms with Crippen LogP contribution in [0.25, 0.3) is 16.6 Å². The Balaban J connectivity index is 1.93. The van der Waals surface area contributed by atoms with Crippen LogP contribution >= 0.6 is 0 Å². The van der Waals surface area contributed by atoms with E-state index in [1.54, 1.807) is 5.56 Å². The molecule has 2 aliphatic heterocycles. The predicted molar refractivity (Wildman–Crippen MR) is 111 cm³/mol. The lowest BCUT2D eigenvalue weighted by molar-refractivity contribution is 0.0941. The number of aryl methyl sites for hydroxylation is 1. The Morgan fingerprint density at radius 1 is 1.11 bits per heavy atom. The number of aromatic nitrogens is 3. The summed E-state index contributed by atoms with van der Waals surface area (Å²) in [7, 11) is 4.35. The Bertz CT molecular complexity index is 1050. The molecule has 3 aromatic rings. The van der Waals surface area contributed by atoms with Gasteiger partial charge in [0.05, 0.1) is 22.9 Å². The summed E-state index contributed by atoms with van der Waals surface area (Å²) in [6.45, 7) is 5.82. The van der Waals surface area contributed by atoms with Gasteiger partial charge in [0, 0.05) is 36.3 Å². The summed E-state index contributed by atoms with van der Waals surface area (Å²) in [4.78, 5) is 2.58. The van der Waals surface area contributed by atoms with E-state index in [0.29, 0.717) is 6.04 Å². The standard InChI is InChI=1S/C23H28N4/c1-5-23(6-2)15-20(19-11-13-24-26(19)4)27-18-10-8-7-9-16(18)17-12-14-25(3)22(23)21(17)27/h7-11,13,15,22H,5-6,12,14H2,1-4H3/t22-/m1/s1. The first kappa shape index (κ1) is 16.8. The Labute approximate surface area is 161 Å². The molecule has 4 heterocycles. The zero-order valence-corrected chi connectivity index (χ0v) is 16.7. The van der Waals surface area contributed by atoms with Crippen LogP contribution < -0.4 is 0 Å². The zero-order valence-electron chi connectivity index (χ0n) is 16.7. The number of hydrogen-bond donors (Lipinski definition) is 0. The molecular weight excluding hydrogens is 332 g/mol. The summed E-state index contributed by atoms with van der Waals surface area (Å²) in [5.74, 6) is 0. The molecule has 2 aliphatic rings. The predicted octanol–water partition coefficient (Wildman–Crippen LogP) is 4.61. The smallest absolute Gasteiger partial charge is 0.0843 e. The van der Waals surface area contributed by atoms with Crippen molar-refractivity contribution in [3.8, 4) is 0 Å². The van der Waals surface area contributed by atoms with Crippen LogP contribution in [0.2, 0.25) is 0 Å². The molecule has 1 atom stereocenters. The number of fused-ring (bicyclic) bond motifs is 3. The van der Waals surface area contributed by atoms with Gasteiger partial charge in [-0.15, -0.1) is 0 Å². The van der Waals surface area contributed by atoms with E-state index < -0.39 is 0 Å². The highest BCUT2D eigenvalue weighted by atomic mass is 15.3. The van der Waals surface area contributed by atoms with Crippen LogP contribution in [-0.2, 0) is 13.5 Å². The normalized spacial score (nSPS) is 21.3. The van der Waals surface area contributed by atoms with Crippen LogP contribution in [-0.4, -0.2) is 32.8 Å². The number of benzene rings is 1. The van der Waals surface area contributed by atoms with Gasteiger partial charge in [-0.3, -0.25) is 9.58 Å². The van der Waals surface area contributed by atoms with Crippen molar-refractivity contribution in [2.45, 2.75) is 39.2 Å². The third kappa shape index (κ3) is 2.10. The van der Waals surface area contributed by atoms with Gasteiger partial charge in [-0.2, -0.15) is 5.10 Å². The molecule has 0 radical (unpaired) electrons. The number of nitrogens with zero attached hydrogens (tertiary/aromatic N) is 4. The van der Waals surface area contributed by atoms with Crippen molar-refractivity contribution >= 4 is 16.6 Å². The summed E-state index contributed by atoms with van der Waals surface area (Å²) in [6, 6.07) is 11.5. The maximum atomic E-state index is 4.47. The van der Waals surface area contributed by atoms with Crippen LogP contribution in [0.5, 0.6) is 0 Å². The highest BCUT2D eigenvalue weighted by molar-refractivity contribution is 5.91. The molecule has 0 aliphatic carbocycles. The van der Waals surface area contributed by atoms with Crippen molar-refractivity contribution in [2.75, 3.05) is 13.6 Å². The van der Waals surface area contributed by atoms with Crippen LogP contribution in [0.4, 0.5) is 0 Å². The van der Waals surface area contributed by atoms with E-state index in [2.05, 4.69) is 71.9 Å². The van der Waals surface area contributed by atoms with Crippen molar-refractivity contribution in [3.05, 3.63) is 59.6 Å². The molecule has 0 amide bonds. The van der Waals surface area contributed by atoms with Crippen molar-refractivity contribution < 1.29 is 0 Å². The lowest BCUT2D eigenvalue weighted by atomic mass is 9.69. The molecule has 2 aromatic heterocycles. The third-order valence-corrected chi connectivity index (χ3v) is 7.04. The lowest BCUT2D eigenvalue weighted by Gasteiger charge is -2.49. The molecule has 0 fully saturated rings. The molecule has 1 aromatic carbocycles. The monoisotopic (exact) mass is 360 g/mol. The van der Waals surface area contributed by atoms with Crippen LogP contribution in [0.15, 0.2) is 42.6 Å². The molecule has 27 heavy (non-hydrogen) atoms. The van der Waals surface area contributed by atoms with Crippen molar-refractivity contribution in [1.29, 1.82) is 0 Å². The fraction of sp³-hybridized carbons (Fsp3) is 0.435. The molecule has 0 saturated carbocycles. The summed E-state index contributed by atoms with van der Waals surface area (Å²) in [6.07, 6.45) is 7.87. The third-order valence-electron chi connectivity index (χ3n) is 7.04. The Hall–Kier alpha value is -2.33. The van der Waals surface area contributed by atoms with Gasteiger partial charge in [0.1, 0.15) is 0 Å². The van der Waals surface area contributed by atoms with E-state index in [1.165, 1.54) is 28.0 Å². The van der Waals surface area contributed by atoms with E-state index in [9.17, 15) is 0 Å². The molecular formula is C23H28N4. The molecule has 0 spiro atoms. The Kier molecular flexibility index (Phi) is 3.63. The Morgan fingerprint density at radius 3 is 2.59 bits per heavy atom. The second-order valence-electron chi connectivity index (χ2n) is 8.16. The molecule has 0 unspecified atom stereocenters. The van der Waals surface area contributed by atoms with Crippen LogP contribution in [0.3, 0.4) is 0 Å². The molecule has 4 heteroatoms. The first-order chi connectivity index (χ1) is 13.1. The SMILES string of the molecule is CCC1(CC)C=C(c2ccnn2C)n2c3c(c4ccccc42)CCN(C)[C@H]31. The van der Waals surface area contributed by atoms with E-state index >= 15 is 0 Å². The number of hydrogen-bond acceptors (Lipinski definition) is 2. The minimum absolute atomic E-state index is 0.147. The lowest BCUT2D eigenvalue weighted by Crippen LogP contribution is -2.45. The molecule has 0 bridgehead atoms. The largest absolute Gasteiger partial charge is 0.310 e. The Morgan fingerprint density at radius 2 is 1.89 bits per heavy atom. The first-order valence-corrected chi connectivity index (χ1v) is 10.2. The van der Waals surface area contributed by atoms with Crippen molar-refractivity contribution in [1.82, 2.24) is 19.2 Å². The van der Waals surface area contributed by atoms with Gasteiger partial charge >= 0.3 is 0 Å². The minimum Gasteiger partial charge on any atom is -0.310 e. The highest BCUT2D eigenvalue weighted by Gasteiger charge is 2.47. The van der Waals surface area contributed by atoms with Gasteiger partial charge in [-0.25, -0.2) is 0 Å². The van der Waals surface area contributed by atoms with Crippen molar-refractivity contribution in [2.24, 2.45) is 12.5 Å². The van der Waals surface area contributed by atoms with E-state index in [1.807, 2.05) is 17.9 Å². The van der Waals surface area contributed by atoms with Gasteiger partial charge in [0.15, 0.2) is 0 Å². The topological polar surface area (TPSA) is 26.0 Å². The van der Waals surface area contributed by atoms with Gasteiger partial charge < -0.3 is 4.57 Å². The average molecular weight is 361 g/mol. The van der Waals surface area contributed by atoms with Gasteiger partial charge in [-0.1, -0.05) is 32.0 Å². The minimum atomic E-state index is 0.147. The quantitative estimate of drug-likeness (QED) is 0.681. The number of rotatable bonds is 3. The molecule has 140 valence electrons. The maximum Gasteiger partial charge on any atom is 0.0843 e. The fourth-order valence-corrected chi connectivity index (χ4v) is 5.54. The van der Waals surface area contributed by atoms with E-state index in [4.69, 9.17) is 0 Å².